The molecule has 0 saturated carbocycles. The van der Waals surface area contributed by atoms with Gasteiger partial charge in [-0.1, -0.05) is 20.4 Å². The van der Waals surface area contributed by atoms with Crippen LogP contribution in [0.1, 0.15) is 47.5 Å². The van der Waals surface area contributed by atoms with Gasteiger partial charge in [-0.3, -0.25) is 0 Å². The van der Waals surface area contributed by atoms with Crippen molar-refractivity contribution in [2.24, 2.45) is 16.6 Å². The van der Waals surface area contributed by atoms with Gasteiger partial charge >= 0.3 is 0 Å². The molecule has 0 amide bonds. The molecule has 0 radical (unpaired) electrons. The number of aliphatic hydroxyl groups excluding tert-OH is 1. The van der Waals surface area contributed by atoms with Crippen molar-refractivity contribution in [3.05, 3.63) is 24.2 Å². The Morgan fingerprint density at radius 2 is 2.08 bits per heavy atom. The van der Waals surface area contributed by atoms with E-state index < -0.39 is 12.3 Å². The van der Waals surface area contributed by atoms with Gasteiger partial charge < -0.3 is 25.2 Å². The van der Waals surface area contributed by atoms with Gasteiger partial charge in [0.2, 0.25) is 0 Å². The Bertz CT molecular complexity index is 528. The number of hydrogen-bond acceptors (Lipinski definition) is 6. The van der Waals surface area contributed by atoms with E-state index in [1.807, 2.05) is 27.0 Å². The summed E-state index contributed by atoms with van der Waals surface area (Å²) in [6, 6.07) is 0. The van der Waals surface area contributed by atoms with Gasteiger partial charge in [0.25, 0.3) is 0 Å². The molecule has 1 saturated heterocycles. The van der Waals surface area contributed by atoms with E-state index in [2.05, 4.69) is 25.4 Å². The van der Waals surface area contributed by atoms with E-state index in [9.17, 15) is 5.11 Å². The van der Waals surface area contributed by atoms with E-state index in [4.69, 9.17) is 15.2 Å². The highest BCUT2D eigenvalue weighted by Gasteiger charge is 2.47. The van der Waals surface area contributed by atoms with Crippen LogP contribution in [0.25, 0.3) is 0 Å². The van der Waals surface area contributed by atoms with Crippen LogP contribution in [0.4, 0.5) is 0 Å². The van der Waals surface area contributed by atoms with Gasteiger partial charge in [0.15, 0.2) is 6.23 Å². The minimum atomic E-state index is -0.778. The zero-order valence-corrected chi connectivity index (χ0v) is 15.4. The molecule has 1 unspecified atom stereocenters. The van der Waals surface area contributed by atoms with Crippen LogP contribution in [0.3, 0.4) is 0 Å². The lowest BCUT2D eigenvalue weighted by atomic mass is 10.00. The predicted molar refractivity (Wildman–Crippen MR) is 95.1 cm³/mol. The first-order chi connectivity index (χ1) is 11.2. The Morgan fingerprint density at radius 3 is 2.67 bits per heavy atom. The molecule has 4 atom stereocenters. The van der Waals surface area contributed by atoms with Gasteiger partial charge in [-0.25, -0.2) is 4.99 Å². The maximum Gasteiger partial charge on any atom is 0.164 e. The van der Waals surface area contributed by atoms with Crippen molar-refractivity contribution in [3.8, 4) is 0 Å². The van der Waals surface area contributed by atoms with E-state index in [1.165, 1.54) is 0 Å². The largest absolute Gasteiger partial charge is 0.386 e. The monoisotopic (exact) mass is 337 g/mol. The van der Waals surface area contributed by atoms with E-state index in [-0.39, 0.29) is 18.3 Å². The zero-order chi connectivity index (χ0) is 18.0. The highest BCUT2D eigenvalue weighted by atomic mass is 16.6. The molecule has 2 aliphatic heterocycles. The highest BCUT2D eigenvalue weighted by molar-refractivity contribution is 5.97. The maximum absolute atomic E-state index is 10.8. The summed E-state index contributed by atoms with van der Waals surface area (Å²) in [4.78, 5) is 5.99. The van der Waals surface area contributed by atoms with Crippen molar-refractivity contribution in [3.63, 3.8) is 0 Å². The zero-order valence-electron chi connectivity index (χ0n) is 15.4. The van der Waals surface area contributed by atoms with Crippen LogP contribution in [0.15, 0.2) is 29.2 Å². The molecule has 0 aromatic heterocycles. The molecule has 1 fully saturated rings. The number of aliphatic imine (C=N–C) groups is 1. The molecule has 0 aromatic rings. The Morgan fingerprint density at radius 1 is 1.42 bits per heavy atom. The van der Waals surface area contributed by atoms with Crippen LogP contribution < -0.4 is 5.73 Å². The standard InChI is InChI=1S/C18H31N3O3/c1-10(2)7-8-14-16(23-11(3)4)15(22)18(24-14)21-9-12(5)17(19)20-13(21)6/h9-11,14-16,18,22H,6-8H2,1-5H3,(H2,19,20)/t14-,15+,16?,18-/m1/s1. The number of nitrogens with two attached hydrogens (primary N) is 1. The molecule has 24 heavy (non-hydrogen) atoms. The molecule has 0 bridgehead atoms. The minimum absolute atomic E-state index is 0.0176. The van der Waals surface area contributed by atoms with E-state index in [0.717, 1.165) is 18.4 Å². The van der Waals surface area contributed by atoms with Gasteiger partial charge in [0, 0.05) is 11.8 Å². The summed E-state index contributed by atoms with van der Waals surface area (Å²) in [5.74, 6) is 1.48. The second kappa shape index (κ2) is 7.68. The summed E-state index contributed by atoms with van der Waals surface area (Å²) < 4.78 is 12.1. The number of rotatable bonds is 6. The number of aliphatic hydroxyl groups is 1. The number of hydrogen-bond donors (Lipinski definition) is 2. The van der Waals surface area contributed by atoms with Crippen LogP contribution in [0.5, 0.6) is 0 Å². The number of nitrogens with zero attached hydrogens (tertiary/aromatic N) is 2. The molecule has 3 N–H and O–H groups in total. The molecule has 2 aliphatic rings. The Balaban J connectivity index is 2.18. The smallest absolute Gasteiger partial charge is 0.164 e. The van der Waals surface area contributed by atoms with E-state index in [0.29, 0.717) is 17.6 Å². The number of amidine groups is 1. The van der Waals surface area contributed by atoms with Crippen molar-refractivity contribution < 1.29 is 14.6 Å². The normalized spacial score (nSPS) is 31.0. The van der Waals surface area contributed by atoms with Crippen LogP contribution in [-0.2, 0) is 9.47 Å². The third-order valence-corrected chi connectivity index (χ3v) is 4.33. The van der Waals surface area contributed by atoms with Crippen LogP contribution in [0, 0.1) is 5.92 Å². The van der Waals surface area contributed by atoms with Crippen molar-refractivity contribution in [1.29, 1.82) is 0 Å². The molecular formula is C18H31N3O3. The first-order valence-corrected chi connectivity index (χ1v) is 8.70. The molecule has 0 spiro atoms. The van der Waals surface area contributed by atoms with Gasteiger partial charge in [-0.05, 0) is 39.5 Å². The third-order valence-electron chi connectivity index (χ3n) is 4.33. The van der Waals surface area contributed by atoms with Crippen LogP contribution in [0.2, 0.25) is 0 Å². The van der Waals surface area contributed by atoms with E-state index >= 15 is 0 Å². The molecule has 0 aromatic carbocycles. The minimum Gasteiger partial charge on any atom is -0.386 e. The third kappa shape index (κ3) is 4.18. The lowest BCUT2D eigenvalue weighted by Crippen LogP contribution is -2.43. The van der Waals surface area contributed by atoms with Crippen molar-refractivity contribution in [2.45, 2.75) is 78.1 Å². The lowest BCUT2D eigenvalue weighted by Gasteiger charge is -2.32. The molecule has 2 rings (SSSR count). The van der Waals surface area contributed by atoms with Crippen molar-refractivity contribution >= 4 is 5.84 Å². The Labute approximate surface area is 145 Å². The second-order valence-electron chi connectivity index (χ2n) is 7.31. The average molecular weight is 337 g/mol. The summed E-state index contributed by atoms with van der Waals surface area (Å²) >= 11 is 0. The van der Waals surface area contributed by atoms with Crippen molar-refractivity contribution in [2.75, 3.05) is 0 Å². The summed E-state index contributed by atoms with van der Waals surface area (Å²) in [6.07, 6.45) is 1.85. The summed E-state index contributed by atoms with van der Waals surface area (Å²) in [5, 5.41) is 10.8. The number of ether oxygens (including phenoxy) is 2. The Hall–Kier alpha value is -1.37. The molecule has 2 heterocycles. The van der Waals surface area contributed by atoms with Crippen molar-refractivity contribution in [1.82, 2.24) is 4.90 Å². The first kappa shape index (κ1) is 19.0. The molecule has 136 valence electrons. The lowest BCUT2D eigenvalue weighted by molar-refractivity contribution is -0.0683. The Kier molecular flexibility index (Phi) is 6.06. The molecule has 6 heteroatoms. The molecule has 0 aliphatic carbocycles. The SMILES string of the molecule is C=C1N=C(N)C(C)=CN1[C@@H]1O[C@H](CCC(C)C)C(OC(C)C)[C@@H]1O. The summed E-state index contributed by atoms with van der Waals surface area (Å²) in [6.45, 7) is 14.1. The van der Waals surface area contributed by atoms with Gasteiger partial charge in [-0.2, -0.15) is 0 Å². The van der Waals surface area contributed by atoms with Crippen LogP contribution in [-0.4, -0.2) is 46.5 Å². The van der Waals surface area contributed by atoms with Gasteiger partial charge in [0.05, 0.1) is 12.2 Å². The highest BCUT2D eigenvalue weighted by Crippen LogP contribution is 2.33. The van der Waals surface area contributed by atoms with Crippen LogP contribution >= 0.6 is 0 Å². The fourth-order valence-corrected chi connectivity index (χ4v) is 3.02. The first-order valence-electron chi connectivity index (χ1n) is 8.70. The van der Waals surface area contributed by atoms with Gasteiger partial charge in [0.1, 0.15) is 23.9 Å². The topological polar surface area (TPSA) is 80.3 Å². The fraction of sp³-hybridized carbons (Fsp3) is 0.722. The summed E-state index contributed by atoms with van der Waals surface area (Å²) in [7, 11) is 0. The summed E-state index contributed by atoms with van der Waals surface area (Å²) in [5.41, 5.74) is 6.66. The maximum atomic E-state index is 10.8. The van der Waals surface area contributed by atoms with E-state index in [1.54, 1.807) is 4.90 Å². The average Bonchev–Trinajstić information content (AvgIpc) is 2.77. The quantitative estimate of drug-likeness (QED) is 0.778. The fourth-order valence-electron chi connectivity index (χ4n) is 3.02. The predicted octanol–water partition coefficient (Wildman–Crippen LogP) is 2.35. The van der Waals surface area contributed by atoms with Gasteiger partial charge in [-0.15, -0.1) is 0 Å². The molecule has 6 nitrogen and oxygen atoms in total. The molecular weight excluding hydrogens is 306 g/mol. The second-order valence-corrected chi connectivity index (χ2v) is 7.31.